The molecule has 2 aromatic carbocycles. The van der Waals surface area contributed by atoms with Crippen molar-refractivity contribution in [2.75, 3.05) is 17.6 Å². The van der Waals surface area contributed by atoms with Gasteiger partial charge in [0.15, 0.2) is 15.7 Å². The van der Waals surface area contributed by atoms with E-state index in [0.29, 0.717) is 30.2 Å². The molecule has 2 amide bonds. The second-order valence-corrected chi connectivity index (χ2v) is 11.4. The summed E-state index contributed by atoms with van der Waals surface area (Å²) in [6, 6.07) is 9.74. The second kappa shape index (κ2) is 8.49. The highest BCUT2D eigenvalue weighted by molar-refractivity contribution is 7.92. The molecular weight excluding hydrogens is 492 g/mol. The van der Waals surface area contributed by atoms with E-state index in [1.54, 1.807) is 24.3 Å². The van der Waals surface area contributed by atoms with Crippen LogP contribution in [0, 0.1) is 11.6 Å². The van der Waals surface area contributed by atoms with Crippen molar-refractivity contribution in [3.05, 3.63) is 65.9 Å². The average Bonchev–Trinajstić information content (AvgIpc) is 3.75. The summed E-state index contributed by atoms with van der Waals surface area (Å²) >= 11 is 0. The van der Waals surface area contributed by atoms with E-state index >= 15 is 0 Å². The van der Waals surface area contributed by atoms with Crippen LogP contribution in [-0.4, -0.2) is 41.7 Å². The zero-order chi connectivity index (χ0) is 25.7. The van der Waals surface area contributed by atoms with Crippen LogP contribution in [0.4, 0.5) is 25.1 Å². The Balaban J connectivity index is 1.38. The third kappa shape index (κ3) is 4.49. The summed E-state index contributed by atoms with van der Waals surface area (Å²) in [5, 5.41) is 15.1. The maximum atomic E-state index is 14.4. The largest absolute Gasteiger partial charge is 0.388 e. The van der Waals surface area contributed by atoms with Crippen molar-refractivity contribution in [1.82, 2.24) is 15.3 Å². The van der Waals surface area contributed by atoms with Crippen molar-refractivity contribution in [3.63, 3.8) is 0 Å². The van der Waals surface area contributed by atoms with E-state index in [2.05, 4.69) is 20.6 Å². The Kier molecular flexibility index (Phi) is 5.67. The first-order valence-electron chi connectivity index (χ1n) is 11.2. The minimum absolute atomic E-state index is 0.0376. The molecule has 0 radical (unpaired) electrons. The highest BCUT2D eigenvalue weighted by Crippen LogP contribution is 2.55. The number of aliphatic hydroxyl groups is 1. The monoisotopic (exact) mass is 515 g/mol. The number of sulfone groups is 1. The lowest BCUT2D eigenvalue weighted by atomic mass is 10.1. The summed E-state index contributed by atoms with van der Waals surface area (Å²) in [5.74, 6) is -1.84. The van der Waals surface area contributed by atoms with Crippen molar-refractivity contribution in [3.8, 4) is 11.4 Å². The zero-order valence-corrected chi connectivity index (χ0v) is 19.8. The minimum Gasteiger partial charge on any atom is -0.388 e. The van der Waals surface area contributed by atoms with Gasteiger partial charge < -0.3 is 21.5 Å². The lowest BCUT2D eigenvalue weighted by Crippen LogP contribution is -2.36. The number of urea groups is 1. The number of benzene rings is 2. The quantitative estimate of drug-likeness (QED) is 0.354. The summed E-state index contributed by atoms with van der Waals surface area (Å²) < 4.78 is 52.9. The fourth-order valence-electron chi connectivity index (χ4n) is 3.95. The molecular formula is C24H23F2N5O4S. The molecule has 5 N–H and O–H groups in total. The number of hydrogen-bond acceptors (Lipinski definition) is 7. The Labute approximate surface area is 205 Å². The molecule has 0 saturated heterocycles. The number of carbonyl (C=O) groups excluding carboxylic acids is 1. The van der Waals surface area contributed by atoms with Crippen LogP contribution in [0.2, 0.25) is 0 Å². The van der Waals surface area contributed by atoms with E-state index in [-0.39, 0.29) is 36.7 Å². The third-order valence-corrected chi connectivity index (χ3v) is 8.98. The topological polar surface area (TPSA) is 147 Å². The van der Waals surface area contributed by atoms with Crippen molar-refractivity contribution in [2.24, 2.45) is 0 Å². The Morgan fingerprint density at radius 1 is 1.03 bits per heavy atom. The van der Waals surface area contributed by atoms with Crippen molar-refractivity contribution >= 4 is 27.4 Å². The maximum Gasteiger partial charge on any atom is 0.319 e. The lowest BCUT2D eigenvalue weighted by molar-refractivity contribution is 0.149. The normalized spacial score (nSPS) is 17.3. The van der Waals surface area contributed by atoms with Gasteiger partial charge in [0.1, 0.15) is 27.1 Å². The Hall–Kier alpha value is -3.64. The molecule has 0 unspecified atom stereocenters. The fraction of sp³-hybridized carbons (Fsp3) is 0.292. The third-order valence-electron chi connectivity index (χ3n) is 6.42. The van der Waals surface area contributed by atoms with E-state index < -0.39 is 42.7 Å². The number of aromatic nitrogens is 2. The predicted octanol–water partition coefficient (Wildman–Crippen LogP) is 3.11. The van der Waals surface area contributed by atoms with Crippen LogP contribution in [-0.2, 0) is 14.6 Å². The zero-order valence-electron chi connectivity index (χ0n) is 19.0. The molecule has 1 heterocycles. The molecule has 12 heteroatoms. The van der Waals surface area contributed by atoms with Crippen LogP contribution in [0.15, 0.2) is 53.4 Å². The van der Waals surface area contributed by atoms with Gasteiger partial charge >= 0.3 is 6.03 Å². The SMILES string of the molecule is Nc1cc(C2(S(=O)(=O)c3ccc(F)cc3F)CC2)nc(-c2ccc(NC(=O)NCC3(O)CC3)cc2)n1. The molecule has 0 spiro atoms. The number of rotatable bonds is 7. The van der Waals surface area contributed by atoms with Crippen molar-refractivity contribution in [1.29, 1.82) is 0 Å². The van der Waals surface area contributed by atoms with Crippen molar-refractivity contribution < 1.29 is 27.1 Å². The van der Waals surface area contributed by atoms with Crippen molar-refractivity contribution in [2.45, 2.75) is 40.9 Å². The van der Waals surface area contributed by atoms with Gasteiger partial charge in [0.2, 0.25) is 0 Å². The molecule has 0 aliphatic heterocycles. The van der Waals surface area contributed by atoms with Gasteiger partial charge in [-0.25, -0.2) is 32.0 Å². The van der Waals surface area contributed by atoms with E-state index in [0.717, 1.165) is 12.1 Å². The second-order valence-electron chi connectivity index (χ2n) is 9.18. The molecule has 3 aromatic rings. The van der Waals surface area contributed by atoms with Crippen LogP contribution >= 0.6 is 0 Å². The summed E-state index contributed by atoms with van der Waals surface area (Å²) in [6.45, 7) is 0.170. The van der Waals surface area contributed by atoms with E-state index in [9.17, 15) is 27.1 Å². The van der Waals surface area contributed by atoms with Crippen LogP contribution in [0.3, 0.4) is 0 Å². The maximum absolute atomic E-state index is 14.4. The fourth-order valence-corrected chi connectivity index (χ4v) is 5.96. The molecule has 5 rings (SSSR count). The number of nitrogens with two attached hydrogens (primary N) is 1. The number of amides is 2. The molecule has 2 fully saturated rings. The number of nitrogens with zero attached hydrogens (tertiary/aromatic N) is 2. The molecule has 0 bridgehead atoms. The first kappa shape index (κ1) is 24.1. The van der Waals surface area contributed by atoms with E-state index in [1.165, 1.54) is 6.07 Å². The molecule has 36 heavy (non-hydrogen) atoms. The van der Waals surface area contributed by atoms with Gasteiger partial charge in [0.25, 0.3) is 0 Å². The molecule has 1 aromatic heterocycles. The molecule has 188 valence electrons. The number of nitrogen functional groups attached to an aromatic ring is 1. The highest BCUT2D eigenvalue weighted by Gasteiger charge is 2.58. The number of halogens is 2. The van der Waals surface area contributed by atoms with Crippen LogP contribution in [0.1, 0.15) is 31.4 Å². The molecule has 9 nitrogen and oxygen atoms in total. The summed E-state index contributed by atoms with van der Waals surface area (Å²) in [7, 11) is -4.24. The van der Waals surface area contributed by atoms with E-state index in [1.807, 2.05) is 0 Å². The molecule has 2 aliphatic carbocycles. The van der Waals surface area contributed by atoms with Crippen LogP contribution < -0.4 is 16.4 Å². The van der Waals surface area contributed by atoms with E-state index in [4.69, 9.17) is 5.73 Å². The number of hydrogen-bond donors (Lipinski definition) is 4. The summed E-state index contributed by atoms with van der Waals surface area (Å²) in [5.41, 5.74) is 6.29. The van der Waals surface area contributed by atoms with Gasteiger partial charge in [-0.15, -0.1) is 0 Å². The van der Waals surface area contributed by atoms with Gasteiger partial charge in [0.05, 0.1) is 11.3 Å². The van der Waals surface area contributed by atoms with Gasteiger partial charge in [-0.1, -0.05) is 0 Å². The number of anilines is 2. The lowest BCUT2D eigenvalue weighted by Gasteiger charge is -2.18. The predicted molar refractivity (Wildman–Crippen MR) is 128 cm³/mol. The van der Waals surface area contributed by atoms with Gasteiger partial charge in [-0.2, -0.15) is 0 Å². The summed E-state index contributed by atoms with van der Waals surface area (Å²) in [4.78, 5) is 20.1. The highest BCUT2D eigenvalue weighted by atomic mass is 32.2. The standard InChI is InChI=1S/C24H23F2N5O4S/c25-15-3-6-18(17(26)11-15)36(34,35)24(9-10-24)19-12-20(27)31-21(30-19)14-1-4-16(5-2-14)29-22(32)28-13-23(33)7-8-23/h1-6,11-12,33H,7-10,13H2,(H2,27,30,31)(H2,28,29,32). The Morgan fingerprint density at radius 3 is 2.33 bits per heavy atom. The summed E-state index contributed by atoms with van der Waals surface area (Å²) in [6.07, 6.45) is 1.72. The first-order chi connectivity index (χ1) is 17.0. The molecule has 0 atom stereocenters. The van der Waals surface area contributed by atoms with Gasteiger partial charge in [-0.05, 0) is 62.1 Å². The van der Waals surface area contributed by atoms with Crippen LogP contribution in [0.5, 0.6) is 0 Å². The molecule has 2 saturated carbocycles. The number of carbonyl (C=O) groups is 1. The Morgan fingerprint density at radius 2 is 1.72 bits per heavy atom. The van der Waals surface area contributed by atoms with Gasteiger partial charge in [0, 0.05) is 29.9 Å². The number of nitrogens with one attached hydrogen (secondary N) is 2. The average molecular weight is 516 g/mol. The first-order valence-corrected chi connectivity index (χ1v) is 12.7. The van der Waals surface area contributed by atoms with Gasteiger partial charge in [-0.3, -0.25) is 0 Å². The van der Waals surface area contributed by atoms with Crippen LogP contribution in [0.25, 0.3) is 11.4 Å². The minimum atomic E-state index is -4.24. The molecule has 2 aliphatic rings. The Bertz CT molecular complexity index is 1460. The smallest absolute Gasteiger partial charge is 0.319 e.